The van der Waals surface area contributed by atoms with E-state index in [9.17, 15) is 4.79 Å². The number of ether oxygens (including phenoxy) is 1. The molecule has 0 bridgehead atoms. The molecule has 0 spiro atoms. The lowest BCUT2D eigenvalue weighted by atomic mass is 10.2. The van der Waals surface area contributed by atoms with Crippen molar-refractivity contribution in [2.24, 2.45) is 0 Å². The molecule has 1 aromatic rings. The predicted octanol–water partition coefficient (Wildman–Crippen LogP) is 2.61. The summed E-state index contributed by atoms with van der Waals surface area (Å²) < 4.78 is 7.34. The average Bonchev–Trinajstić information content (AvgIpc) is 2.47. The summed E-state index contributed by atoms with van der Waals surface area (Å²) in [6, 6.07) is 9.75. The number of benzene rings is 1. The highest BCUT2D eigenvalue weighted by Crippen LogP contribution is 2.16. The van der Waals surface area contributed by atoms with Crippen LogP contribution in [0.3, 0.4) is 0 Å². The number of hydrogen-bond donors (Lipinski definition) is 0. The van der Waals surface area contributed by atoms with Crippen molar-refractivity contribution in [1.82, 2.24) is 9.21 Å². The monoisotopic (exact) mass is 280 g/mol. The van der Waals surface area contributed by atoms with Gasteiger partial charge in [-0.2, -0.15) is 0 Å². The normalized spacial score (nSPS) is 17.3. The van der Waals surface area contributed by atoms with Crippen molar-refractivity contribution in [3.05, 3.63) is 35.9 Å². The molecule has 0 aliphatic carbocycles. The van der Waals surface area contributed by atoms with E-state index in [1.807, 2.05) is 30.3 Å². The summed E-state index contributed by atoms with van der Waals surface area (Å²) in [4.78, 5) is 14.1. The number of likely N-dealkylation sites (N-methyl/N-ethyl adjacent to an activating group) is 1. The van der Waals surface area contributed by atoms with Crippen LogP contribution in [0, 0.1) is 0 Å². The molecule has 0 N–H and O–H groups in total. The molecule has 1 saturated heterocycles. The van der Waals surface area contributed by atoms with Crippen LogP contribution in [0.4, 0.5) is 4.79 Å². The fourth-order valence-electron chi connectivity index (χ4n) is 1.99. The van der Waals surface area contributed by atoms with E-state index in [0.29, 0.717) is 6.61 Å². The van der Waals surface area contributed by atoms with Crippen molar-refractivity contribution in [1.29, 1.82) is 0 Å². The molecular formula is C14H20N2O2S. The van der Waals surface area contributed by atoms with Crippen molar-refractivity contribution in [3.8, 4) is 0 Å². The molecule has 0 radical (unpaired) electrons. The topological polar surface area (TPSA) is 32.8 Å². The zero-order valence-corrected chi connectivity index (χ0v) is 12.1. The van der Waals surface area contributed by atoms with Gasteiger partial charge in [-0.25, -0.2) is 9.10 Å². The standard InChI is InChI=1S/C14H20N2O2S/c1-2-15-8-10-16(11-9-15)19-14(17)18-12-13-6-4-3-5-7-13/h3-7H,2,8-12H2,1H3. The minimum Gasteiger partial charge on any atom is -0.452 e. The summed E-state index contributed by atoms with van der Waals surface area (Å²) in [5, 5.41) is -0.214. The second-order valence-electron chi connectivity index (χ2n) is 4.48. The third kappa shape index (κ3) is 4.86. The molecular weight excluding hydrogens is 260 g/mol. The van der Waals surface area contributed by atoms with Gasteiger partial charge in [-0.1, -0.05) is 37.3 Å². The molecule has 0 saturated carbocycles. The molecule has 2 rings (SSSR count). The van der Waals surface area contributed by atoms with Crippen LogP contribution in [0.15, 0.2) is 30.3 Å². The summed E-state index contributed by atoms with van der Waals surface area (Å²) in [6.07, 6.45) is 0. The van der Waals surface area contributed by atoms with Gasteiger partial charge in [0.05, 0.1) is 0 Å². The summed E-state index contributed by atoms with van der Waals surface area (Å²) in [5.74, 6) is 0. The Bertz CT molecular complexity index is 392. The van der Waals surface area contributed by atoms with Crippen molar-refractivity contribution in [2.45, 2.75) is 13.5 Å². The highest BCUT2D eigenvalue weighted by molar-refractivity contribution is 8.11. The Morgan fingerprint density at radius 1 is 1.21 bits per heavy atom. The van der Waals surface area contributed by atoms with Crippen LogP contribution in [-0.4, -0.2) is 47.2 Å². The zero-order valence-electron chi connectivity index (χ0n) is 11.2. The molecule has 19 heavy (non-hydrogen) atoms. The summed E-state index contributed by atoms with van der Waals surface area (Å²) in [7, 11) is 0. The smallest absolute Gasteiger partial charge is 0.383 e. The van der Waals surface area contributed by atoms with Gasteiger partial charge in [-0.05, 0) is 12.1 Å². The van der Waals surface area contributed by atoms with Crippen LogP contribution in [0.25, 0.3) is 0 Å². The SMILES string of the molecule is CCN1CCN(SC(=O)OCc2ccccc2)CC1. The highest BCUT2D eigenvalue weighted by atomic mass is 32.2. The van der Waals surface area contributed by atoms with Gasteiger partial charge in [0.1, 0.15) is 6.61 Å². The molecule has 1 aromatic carbocycles. The van der Waals surface area contributed by atoms with Gasteiger partial charge in [0.25, 0.3) is 0 Å². The second kappa shape index (κ2) is 7.53. The van der Waals surface area contributed by atoms with Crippen molar-refractivity contribution < 1.29 is 9.53 Å². The number of nitrogens with zero attached hydrogens (tertiary/aromatic N) is 2. The highest BCUT2D eigenvalue weighted by Gasteiger charge is 2.19. The van der Waals surface area contributed by atoms with E-state index >= 15 is 0 Å². The first-order valence-corrected chi connectivity index (χ1v) is 7.41. The number of rotatable bonds is 4. The summed E-state index contributed by atoms with van der Waals surface area (Å²) in [5.41, 5.74) is 1.02. The Balaban J connectivity index is 1.67. The van der Waals surface area contributed by atoms with Crippen LogP contribution < -0.4 is 0 Å². The Morgan fingerprint density at radius 3 is 2.53 bits per heavy atom. The van der Waals surface area contributed by atoms with Crippen LogP contribution in [-0.2, 0) is 11.3 Å². The van der Waals surface area contributed by atoms with Crippen molar-refractivity contribution >= 4 is 17.2 Å². The second-order valence-corrected chi connectivity index (χ2v) is 5.51. The maximum absolute atomic E-state index is 11.7. The molecule has 0 aromatic heterocycles. The molecule has 1 aliphatic rings. The Hall–Kier alpha value is -1.04. The minimum atomic E-state index is -0.214. The first-order chi connectivity index (χ1) is 9.28. The average molecular weight is 280 g/mol. The van der Waals surface area contributed by atoms with Gasteiger partial charge in [-0.3, -0.25) is 0 Å². The quantitative estimate of drug-likeness (QED) is 0.625. The molecule has 1 fully saturated rings. The fourth-order valence-corrected chi connectivity index (χ4v) is 2.65. The lowest BCUT2D eigenvalue weighted by Crippen LogP contribution is -2.43. The number of hydrogen-bond acceptors (Lipinski definition) is 5. The Kier molecular flexibility index (Phi) is 5.69. The van der Waals surface area contributed by atoms with Gasteiger partial charge in [-0.15, -0.1) is 0 Å². The maximum atomic E-state index is 11.7. The Morgan fingerprint density at radius 2 is 1.89 bits per heavy atom. The van der Waals surface area contributed by atoms with Crippen LogP contribution >= 0.6 is 11.9 Å². The van der Waals surface area contributed by atoms with Crippen LogP contribution in [0.2, 0.25) is 0 Å². The van der Waals surface area contributed by atoms with Gasteiger partial charge in [0.2, 0.25) is 0 Å². The number of carbonyl (C=O) groups excluding carboxylic acids is 1. The van der Waals surface area contributed by atoms with Gasteiger partial charge >= 0.3 is 5.30 Å². The molecule has 5 heteroatoms. The zero-order chi connectivity index (χ0) is 13.5. The van der Waals surface area contributed by atoms with E-state index in [4.69, 9.17) is 4.74 Å². The van der Waals surface area contributed by atoms with E-state index in [0.717, 1.165) is 38.3 Å². The van der Waals surface area contributed by atoms with E-state index < -0.39 is 0 Å². The van der Waals surface area contributed by atoms with E-state index in [2.05, 4.69) is 16.1 Å². The molecule has 1 heterocycles. The molecule has 4 nitrogen and oxygen atoms in total. The van der Waals surface area contributed by atoms with E-state index in [1.54, 1.807) is 0 Å². The van der Waals surface area contributed by atoms with Crippen LogP contribution in [0.1, 0.15) is 12.5 Å². The number of carbonyl (C=O) groups is 1. The van der Waals surface area contributed by atoms with Gasteiger partial charge < -0.3 is 9.64 Å². The molecule has 0 atom stereocenters. The first-order valence-electron chi connectivity index (χ1n) is 6.64. The predicted molar refractivity (Wildman–Crippen MR) is 77.9 cm³/mol. The number of piperazine rings is 1. The lowest BCUT2D eigenvalue weighted by Gasteiger charge is -2.32. The van der Waals surface area contributed by atoms with Crippen molar-refractivity contribution in [2.75, 3.05) is 32.7 Å². The van der Waals surface area contributed by atoms with E-state index in [1.165, 1.54) is 11.9 Å². The first kappa shape index (κ1) is 14.4. The molecule has 0 amide bonds. The van der Waals surface area contributed by atoms with Gasteiger partial charge in [0, 0.05) is 38.1 Å². The molecule has 104 valence electrons. The minimum absolute atomic E-state index is 0.214. The lowest BCUT2D eigenvalue weighted by molar-refractivity contribution is 0.165. The third-order valence-electron chi connectivity index (χ3n) is 3.18. The van der Waals surface area contributed by atoms with E-state index in [-0.39, 0.29) is 5.30 Å². The third-order valence-corrected chi connectivity index (χ3v) is 4.07. The van der Waals surface area contributed by atoms with Gasteiger partial charge in [0.15, 0.2) is 0 Å². The molecule has 1 aliphatic heterocycles. The van der Waals surface area contributed by atoms with Crippen LogP contribution in [0.5, 0.6) is 0 Å². The maximum Gasteiger partial charge on any atom is 0.383 e. The summed E-state index contributed by atoms with van der Waals surface area (Å²) in [6.45, 7) is 7.47. The summed E-state index contributed by atoms with van der Waals surface area (Å²) >= 11 is 1.20. The fraction of sp³-hybridized carbons (Fsp3) is 0.500. The largest absolute Gasteiger partial charge is 0.452 e. The molecule has 0 unspecified atom stereocenters. The van der Waals surface area contributed by atoms with Crippen molar-refractivity contribution in [3.63, 3.8) is 0 Å². The Labute approximate surface area is 118 Å².